The van der Waals surface area contributed by atoms with E-state index in [1.807, 2.05) is 65.6 Å². The lowest BCUT2D eigenvalue weighted by Crippen LogP contribution is -2.49. The lowest BCUT2D eigenvalue weighted by molar-refractivity contribution is -0.384. The summed E-state index contributed by atoms with van der Waals surface area (Å²) in [7, 11) is 0. The van der Waals surface area contributed by atoms with Gasteiger partial charge in [-0.3, -0.25) is 19.8 Å². The van der Waals surface area contributed by atoms with E-state index < -0.39 is 4.92 Å². The minimum atomic E-state index is -0.417. The van der Waals surface area contributed by atoms with Gasteiger partial charge in [0.05, 0.1) is 4.92 Å². The van der Waals surface area contributed by atoms with Crippen molar-refractivity contribution < 1.29 is 14.5 Å². The Morgan fingerprint density at radius 2 is 1.46 bits per heavy atom. The van der Waals surface area contributed by atoms with Crippen LogP contribution in [0, 0.1) is 10.1 Å². The lowest BCUT2D eigenvalue weighted by atomic mass is 10.1. The van der Waals surface area contributed by atoms with Gasteiger partial charge in [0.1, 0.15) is 5.75 Å². The number of carbonyl (C=O) groups is 1. The second-order valence-corrected chi connectivity index (χ2v) is 8.76. The molecule has 0 aromatic heterocycles. The molecule has 0 bridgehead atoms. The Hall–Kier alpha value is -3.68. The predicted molar refractivity (Wildman–Crippen MR) is 137 cm³/mol. The number of carbonyl (C=O) groups excluding carboxylic acids is 1. The van der Waals surface area contributed by atoms with Crippen LogP contribution in [0.1, 0.15) is 16.7 Å². The number of nitro groups is 1. The summed E-state index contributed by atoms with van der Waals surface area (Å²) in [6, 6.07) is 21.7. The maximum absolute atomic E-state index is 12.6. The molecule has 0 radical (unpaired) electrons. The molecule has 0 unspecified atom stereocenters. The average Bonchev–Trinajstić information content (AvgIpc) is 2.88. The van der Waals surface area contributed by atoms with Gasteiger partial charge in [-0.25, -0.2) is 0 Å². The highest BCUT2D eigenvalue weighted by molar-refractivity contribution is 6.30. The molecule has 1 aliphatic rings. The second kappa shape index (κ2) is 11.6. The second-order valence-electron chi connectivity index (χ2n) is 8.32. The highest BCUT2D eigenvalue weighted by atomic mass is 35.5. The van der Waals surface area contributed by atoms with Crippen LogP contribution in [0.25, 0.3) is 12.2 Å². The van der Waals surface area contributed by atoms with Crippen LogP contribution in [0.4, 0.5) is 5.69 Å². The number of piperazine rings is 1. The molecule has 7 nitrogen and oxygen atoms in total. The number of benzene rings is 3. The first-order chi connectivity index (χ1) is 17.0. The third-order valence-corrected chi connectivity index (χ3v) is 6.11. The highest BCUT2D eigenvalue weighted by Gasteiger charge is 2.21. The Labute approximate surface area is 209 Å². The summed E-state index contributed by atoms with van der Waals surface area (Å²) in [5.74, 6) is 0.616. The number of nitrogens with zero attached hydrogens (tertiary/aromatic N) is 3. The molecule has 1 saturated heterocycles. The number of hydrogen-bond donors (Lipinski definition) is 0. The van der Waals surface area contributed by atoms with E-state index in [1.54, 1.807) is 12.1 Å². The summed E-state index contributed by atoms with van der Waals surface area (Å²) in [4.78, 5) is 27.1. The van der Waals surface area contributed by atoms with Crippen molar-refractivity contribution in [2.75, 3.05) is 32.8 Å². The topological polar surface area (TPSA) is 75.9 Å². The fourth-order valence-electron chi connectivity index (χ4n) is 3.81. The van der Waals surface area contributed by atoms with Crippen molar-refractivity contribution in [2.45, 2.75) is 6.54 Å². The molecule has 3 aromatic carbocycles. The Kier molecular flexibility index (Phi) is 8.13. The van der Waals surface area contributed by atoms with Gasteiger partial charge in [-0.2, -0.15) is 0 Å². The summed E-state index contributed by atoms with van der Waals surface area (Å²) < 4.78 is 5.70. The standard InChI is InChI=1S/C27H26ClN3O4/c28-24-9-3-23(4-10-24)19-29-15-17-30(18-16-29)27(32)20-35-26-13-7-22(8-14-26)2-1-21-5-11-25(12-6-21)31(33)34/h1-14H,15-20H2. The van der Waals surface area contributed by atoms with Crippen molar-refractivity contribution in [1.82, 2.24) is 9.80 Å². The van der Waals surface area contributed by atoms with Gasteiger partial charge in [-0.15, -0.1) is 0 Å². The Morgan fingerprint density at radius 3 is 2.03 bits per heavy atom. The number of amides is 1. The molecule has 0 atom stereocenters. The smallest absolute Gasteiger partial charge is 0.269 e. The molecular formula is C27H26ClN3O4. The van der Waals surface area contributed by atoms with Crippen molar-refractivity contribution in [3.63, 3.8) is 0 Å². The van der Waals surface area contributed by atoms with Crippen molar-refractivity contribution >= 4 is 35.3 Å². The van der Waals surface area contributed by atoms with E-state index in [1.165, 1.54) is 17.7 Å². The molecule has 8 heteroatoms. The van der Waals surface area contributed by atoms with E-state index in [-0.39, 0.29) is 18.2 Å². The number of nitro benzene ring substituents is 1. The molecule has 3 aromatic rings. The molecule has 1 aliphatic heterocycles. The maximum Gasteiger partial charge on any atom is 0.269 e. The van der Waals surface area contributed by atoms with Gasteiger partial charge in [-0.05, 0) is 53.1 Å². The first kappa shape index (κ1) is 24.4. The van der Waals surface area contributed by atoms with Gasteiger partial charge in [0.25, 0.3) is 11.6 Å². The number of rotatable bonds is 8. The minimum absolute atomic E-state index is 0.00909. The molecule has 180 valence electrons. The molecule has 35 heavy (non-hydrogen) atoms. The third-order valence-electron chi connectivity index (χ3n) is 5.86. The van der Waals surface area contributed by atoms with Crippen molar-refractivity contribution in [2.24, 2.45) is 0 Å². The Bertz CT molecular complexity index is 1170. The zero-order valence-electron chi connectivity index (χ0n) is 19.2. The van der Waals surface area contributed by atoms with Gasteiger partial charge >= 0.3 is 0 Å². The molecule has 1 fully saturated rings. The van der Waals surface area contributed by atoms with Crippen LogP contribution in [0.5, 0.6) is 5.75 Å². The van der Waals surface area contributed by atoms with E-state index in [9.17, 15) is 14.9 Å². The molecule has 0 saturated carbocycles. The zero-order chi connectivity index (χ0) is 24.6. The number of non-ortho nitro benzene ring substituents is 1. The van der Waals surface area contributed by atoms with E-state index in [0.29, 0.717) is 18.8 Å². The van der Waals surface area contributed by atoms with Gasteiger partial charge in [-0.1, -0.05) is 48.0 Å². The van der Waals surface area contributed by atoms with Gasteiger partial charge in [0.15, 0.2) is 6.61 Å². The Morgan fingerprint density at radius 1 is 0.886 bits per heavy atom. The molecule has 0 N–H and O–H groups in total. The predicted octanol–water partition coefficient (Wildman–Crippen LogP) is 5.14. The molecule has 4 rings (SSSR count). The first-order valence-corrected chi connectivity index (χ1v) is 11.7. The maximum atomic E-state index is 12.6. The van der Waals surface area contributed by atoms with Crippen molar-refractivity contribution in [3.8, 4) is 5.75 Å². The minimum Gasteiger partial charge on any atom is -0.484 e. The monoisotopic (exact) mass is 491 g/mol. The van der Waals surface area contributed by atoms with Crippen LogP contribution >= 0.6 is 11.6 Å². The fourth-order valence-corrected chi connectivity index (χ4v) is 3.94. The summed E-state index contributed by atoms with van der Waals surface area (Å²) >= 11 is 5.95. The third kappa shape index (κ3) is 7.15. The van der Waals surface area contributed by atoms with Crippen LogP contribution in [-0.4, -0.2) is 53.4 Å². The number of hydrogen-bond acceptors (Lipinski definition) is 5. The van der Waals surface area contributed by atoms with Crippen molar-refractivity contribution in [1.29, 1.82) is 0 Å². The molecule has 1 amide bonds. The SMILES string of the molecule is O=C(COc1ccc(C=Cc2ccc([N+](=O)[O-])cc2)cc1)N1CCN(Cc2ccc(Cl)cc2)CC1. The summed E-state index contributed by atoms with van der Waals surface area (Å²) in [5.41, 5.74) is 3.11. The molecule has 0 spiro atoms. The fraction of sp³-hybridized carbons (Fsp3) is 0.222. The number of halogens is 1. The van der Waals surface area contributed by atoms with E-state index in [4.69, 9.17) is 16.3 Å². The van der Waals surface area contributed by atoms with Gasteiger partial charge in [0, 0.05) is 49.9 Å². The first-order valence-electron chi connectivity index (χ1n) is 11.4. The van der Waals surface area contributed by atoms with Crippen LogP contribution in [0.2, 0.25) is 5.02 Å². The lowest BCUT2D eigenvalue weighted by Gasteiger charge is -2.34. The number of ether oxygens (including phenoxy) is 1. The summed E-state index contributed by atoms with van der Waals surface area (Å²) in [6.07, 6.45) is 3.80. The van der Waals surface area contributed by atoms with Crippen LogP contribution < -0.4 is 4.74 Å². The average molecular weight is 492 g/mol. The van der Waals surface area contributed by atoms with E-state index in [2.05, 4.69) is 4.90 Å². The quantitative estimate of drug-likeness (QED) is 0.248. The highest BCUT2D eigenvalue weighted by Crippen LogP contribution is 2.17. The molecular weight excluding hydrogens is 466 g/mol. The van der Waals surface area contributed by atoms with E-state index >= 15 is 0 Å². The van der Waals surface area contributed by atoms with Crippen LogP contribution in [-0.2, 0) is 11.3 Å². The van der Waals surface area contributed by atoms with Gasteiger partial charge in [0.2, 0.25) is 0 Å². The van der Waals surface area contributed by atoms with Gasteiger partial charge < -0.3 is 9.64 Å². The Balaban J connectivity index is 1.20. The normalized spacial score (nSPS) is 14.3. The largest absolute Gasteiger partial charge is 0.484 e. The summed E-state index contributed by atoms with van der Waals surface area (Å²) in [5, 5.41) is 11.5. The van der Waals surface area contributed by atoms with Crippen molar-refractivity contribution in [3.05, 3.63) is 105 Å². The van der Waals surface area contributed by atoms with Crippen LogP contribution in [0.15, 0.2) is 72.8 Å². The zero-order valence-corrected chi connectivity index (χ0v) is 19.9. The van der Waals surface area contributed by atoms with E-state index in [0.717, 1.165) is 35.8 Å². The summed E-state index contributed by atoms with van der Waals surface area (Å²) in [6.45, 7) is 3.87. The molecule has 0 aliphatic carbocycles. The molecule has 1 heterocycles. The van der Waals surface area contributed by atoms with Crippen LogP contribution in [0.3, 0.4) is 0 Å².